The Bertz CT molecular complexity index is 1340. The van der Waals surface area contributed by atoms with Crippen LogP contribution in [0.5, 0.6) is 0 Å². The van der Waals surface area contributed by atoms with E-state index >= 15 is 0 Å². The van der Waals surface area contributed by atoms with E-state index in [0.717, 1.165) is 17.1 Å². The van der Waals surface area contributed by atoms with Crippen molar-refractivity contribution < 1.29 is 13.9 Å². The number of methoxy groups -OCH3 is 1. The molecule has 6 nitrogen and oxygen atoms in total. The van der Waals surface area contributed by atoms with Gasteiger partial charge in [-0.15, -0.1) is 0 Å². The average molecular weight is 473 g/mol. The summed E-state index contributed by atoms with van der Waals surface area (Å²) in [6.45, 7) is 0. The van der Waals surface area contributed by atoms with Gasteiger partial charge in [0.15, 0.2) is 5.11 Å². The SMILES string of the molecule is COC(=O)c1ccc(-n2cccc2C2C(c3ccccn3)NC(=S)N2c2ccccc2F)cc1. The van der Waals surface area contributed by atoms with Crippen LogP contribution in [0.4, 0.5) is 10.1 Å². The molecule has 1 fully saturated rings. The number of nitrogens with zero attached hydrogens (tertiary/aromatic N) is 3. The maximum atomic E-state index is 14.9. The van der Waals surface area contributed by atoms with Gasteiger partial charge in [0, 0.05) is 23.8 Å². The van der Waals surface area contributed by atoms with Gasteiger partial charge in [-0.1, -0.05) is 18.2 Å². The van der Waals surface area contributed by atoms with Crippen molar-refractivity contribution in [2.45, 2.75) is 12.1 Å². The molecule has 34 heavy (non-hydrogen) atoms. The van der Waals surface area contributed by atoms with Crippen LogP contribution in [0.3, 0.4) is 0 Å². The summed E-state index contributed by atoms with van der Waals surface area (Å²) in [6.07, 6.45) is 3.66. The number of halogens is 1. The van der Waals surface area contributed by atoms with E-state index in [0.29, 0.717) is 16.4 Å². The number of aromatic nitrogens is 2. The fraction of sp³-hybridized carbons (Fsp3) is 0.115. The van der Waals surface area contributed by atoms with Crippen LogP contribution in [0.15, 0.2) is 91.3 Å². The number of thiocarbonyl (C=S) groups is 1. The number of carbonyl (C=O) groups excluding carboxylic acids is 1. The van der Waals surface area contributed by atoms with Gasteiger partial charge < -0.3 is 19.5 Å². The summed E-state index contributed by atoms with van der Waals surface area (Å²) in [5.74, 6) is -0.760. The van der Waals surface area contributed by atoms with Gasteiger partial charge in [0.05, 0.1) is 30.1 Å². The molecular formula is C26H21FN4O2S. The van der Waals surface area contributed by atoms with Crippen molar-refractivity contribution >= 4 is 29.0 Å². The molecular weight excluding hydrogens is 451 g/mol. The lowest BCUT2D eigenvalue weighted by atomic mass is 10.0. The molecule has 1 N–H and O–H groups in total. The van der Waals surface area contributed by atoms with Crippen LogP contribution in [0.1, 0.15) is 33.8 Å². The number of carbonyl (C=O) groups is 1. The molecule has 8 heteroatoms. The van der Waals surface area contributed by atoms with Crippen molar-refractivity contribution in [1.82, 2.24) is 14.9 Å². The third kappa shape index (κ3) is 3.82. The molecule has 1 aliphatic heterocycles. The minimum Gasteiger partial charge on any atom is -0.465 e. The molecule has 0 saturated carbocycles. The largest absolute Gasteiger partial charge is 0.465 e. The molecule has 2 aromatic carbocycles. The quantitative estimate of drug-likeness (QED) is 0.327. The molecule has 3 heterocycles. The minimum atomic E-state index is -0.398. The smallest absolute Gasteiger partial charge is 0.337 e. The molecule has 4 aromatic rings. The van der Waals surface area contributed by atoms with Crippen molar-refractivity contribution in [3.05, 3.63) is 114 Å². The first-order valence-electron chi connectivity index (χ1n) is 10.7. The second-order valence-corrected chi connectivity index (χ2v) is 8.18. The molecule has 2 atom stereocenters. The minimum absolute atomic E-state index is 0.309. The molecule has 0 radical (unpaired) electrons. The van der Waals surface area contributed by atoms with Gasteiger partial charge >= 0.3 is 5.97 Å². The molecule has 2 aromatic heterocycles. The van der Waals surface area contributed by atoms with Crippen molar-refractivity contribution in [2.24, 2.45) is 0 Å². The van der Waals surface area contributed by atoms with E-state index in [9.17, 15) is 9.18 Å². The summed E-state index contributed by atoms with van der Waals surface area (Å²) in [6, 6.07) is 22.6. The standard InChI is InChI=1S/C26H21FN4O2S/c1-33-25(32)17-11-13-18(14-12-17)30-16-6-10-22(30)24-23(20-8-4-5-15-28-20)29-26(34)31(24)21-9-3-2-7-19(21)27/h2-16,23-24H,1H3,(H,29,34). The first-order valence-corrected chi connectivity index (χ1v) is 11.1. The molecule has 5 rings (SSSR count). The highest BCUT2D eigenvalue weighted by Crippen LogP contribution is 2.42. The number of hydrogen-bond acceptors (Lipinski definition) is 4. The third-order valence-corrected chi connectivity index (χ3v) is 6.17. The zero-order valence-electron chi connectivity index (χ0n) is 18.3. The van der Waals surface area contributed by atoms with E-state index in [4.69, 9.17) is 17.0 Å². The summed E-state index contributed by atoms with van der Waals surface area (Å²) in [5, 5.41) is 3.76. The van der Waals surface area contributed by atoms with Gasteiger partial charge in [-0.05, 0) is 72.9 Å². The molecule has 0 bridgehead atoms. The van der Waals surface area contributed by atoms with Crippen LogP contribution in [0.2, 0.25) is 0 Å². The monoisotopic (exact) mass is 472 g/mol. The Morgan fingerprint density at radius 1 is 1.03 bits per heavy atom. The first-order chi connectivity index (χ1) is 16.6. The predicted molar refractivity (Wildman–Crippen MR) is 131 cm³/mol. The molecule has 0 spiro atoms. The lowest BCUT2D eigenvalue weighted by Gasteiger charge is -2.29. The average Bonchev–Trinajstić information content (AvgIpc) is 3.49. The topological polar surface area (TPSA) is 59.4 Å². The van der Waals surface area contributed by atoms with Crippen LogP contribution in [0.25, 0.3) is 5.69 Å². The summed E-state index contributed by atoms with van der Waals surface area (Å²) in [7, 11) is 1.35. The van der Waals surface area contributed by atoms with E-state index in [2.05, 4.69) is 10.3 Å². The van der Waals surface area contributed by atoms with Crippen LogP contribution in [-0.4, -0.2) is 27.7 Å². The third-order valence-electron chi connectivity index (χ3n) is 5.86. The van der Waals surface area contributed by atoms with Crippen LogP contribution >= 0.6 is 12.2 Å². The number of esters is 1. The van der Waals surface area contributed by atoms with Crippen molar-refractivity contribution in [3.8, 4) is 5.69 Å². The maximum Gasteiger partial charge on any atom is 0.337 e. The molecule has 2 unspecified atom stereocenters. The van der Waals surface area contributed by atoms with Crippen LogP contribution in [0, 0.1) is 5.82 Å². The van der Waals surface area contributed by atoms with E-state index in [-0.39, 0.29) is 17.9 Å². The molecule has 170 valence electrons. The van der Waals surface area contributed by atoms with Crippen LogP contribution < -0.4 is 10.2 Å². The summed E-state index contributed by atoms with van der Waals surface area (Å²) < 4.78 is 21.7. The zero-order valence-corrected chi connectivity index (χ0v) is 19.1. The second-order valence-electron chi connectivity index (χ2n) is 7.79. The fourth-order valence-electron chi connectivity index (χ4n) is 4.31. The number of benzene rings is 2. The second kappa shape index (κ2) is 9.07. The Hall–Kier alpha value is -4.04. The highest BCUT2D eigenvalue weighted by atomic mass is 32.1. The number of hydrogen-bond donors (Lipinski definition) is 1. The Kier molecular flexibility index (Phi) is 5.81. The number of anilines is 1. The lowest BCUT2D eigenvalue weighted by molar-refractivity contribution is 0.0600. The van der Waals surface area contributed by atoms with E-state index in [1.165, 1.54) is 13.2 Å². The Morgan fingerprint density at radius 3 is 2.50 bits per heavy atom. The highest BCUT2D eigenvalue weighted by Gasteiger charge is 2.43. The summed E-state index contributed by atoms with van der Waals surface area (Å²) >= 11 is 5.69. The zero-order chi connectivity index (χ0) is 23.7. The Labute approximate surface area is 201 Å². The van der Waals surface area contributed by atoms with Gasteiger partial charge in [0.1, 0.15) is 11.9 Å². The number of rotatable bonds is 5. The van der Waals surface area contributed by atoms with Crippen LogP contribution in [-0.2, 0) is 4.74 Å². The van der Waals surface area contributed by atoms with Gasteiger partial charge in [-0.2, -0.15) is 0 Å². The number of ether oxygens (including phenoxy) is 1. The number of para-hydroxylation sites is 1. The molecule has 0 amide bonds. The van der Waals surface area contributed by atoms with Crippen molar-refractivity contribution in [3.63, 3.8) is 0 Å². The van der Waals surface area contributed by atoms with Crippen molar-refractivity contribution in [1.29, 1.82) is 0 Å². The summed E-state index contributed by atoms with van der Waals surface area (Å²) in [5.41, 5.74) is 3.37. The maximum absolute atomic E-state index is 14.9. The Balaban J connectivity index is 1.63. The van der Waals surface area contributed by atoms with Gasteiger partial charge in [0.2, 0.25) is 0 Å². The van der Waals surface area contributed by atoms with Gasteiger partial charge in [-0.25, -0.2) is 9.18 Å². The van der Waals surface area contributed by atoms with E-state index in [1.807, 2.05) is 53.2 Å². The fourth-order valence-corrected chi connectivity index (χ4v) is 4.65. The van der Waals surface area contributed by atoms with Gasteiger partial charge in [0.25, 0.3) is 0 Å². The number of nitrogens with one attached hydrogen (secondary N) is 1. The molecule has 1 saturated heterocycles. The Morgan fingerprint density at radius 2 is 1.79 bits per heavy atom. The molecule has 0 aliphatic carbocycles. The first kappa shape index (κ1) is 21.8. The molecule has 1 aliphatic rings. The van der Waals surface area contributed by atoms with Crippen molar-refractivity contribution in [2.75, 3.05) is 12.0 Å². The predicted octanol–water partition coefficient (Wildman–Crippen LogP) is 4.98. The number of pyridine rings is 1. The van der Waals surface area contributed by atoms with E-state index < -0.39 is 5.97 Å². The lowest BCUT2D eigenvalue weighted by Crippen LogP contribution is -2.31. The highest BCUT2D eigenvalue weighted by molar-refractivity contribution is 7.80. The summed E-state index contributed by atoms with van der Waals surface area (Å²) in [4.78, 5) is 18.2. The normalized spacial score (nSPS) is 17.5. The van der Waals surface area contributed by atoms with E-state index in [1.54, 1.807) is 41.4 Å². The van der Waals surface area contributed by atoms with Gasteiger partial charge in [-0.3, -0.25) is 4.98 Å².